The number of benzene rings is 1. The number of carbonyl (C=O) groups excluding carboxylic acids is 1. The molecule has 2 heterocycles. The molecule has 2 aliphatic rings. The Labute approximate surface area is 166 Å². The van der Waals surface area contributed by atoms with Crippen molar-refractivity contribution in [2.45, 2.75) is 31.2 Å². The fourth-order valence-corrected chi connectivity index (χ4v) is 5.37. The van der Waals surface area contributed by atoms with Crippen molar-refractivity contribution in [2.24, 2.45) is 5.92 Å². The molecular formula is C18H20F2N4O4S. The van der Waals surface area contributed by atoms with Crippen molar-refractivity contribution in [3.05, 3.63) is 47.1 Å². The average Bonchev–Trinajstić information content (AvgIpc) is 3.29. The standard InChI is InChI=1S/C18H20F2N4O4S/c1-10-21-17(28-23-10)18-7-13(5-11(18)8-24(9-18)29(2,26)27)22-16(25)14-6-12(19)3-4-15(14)20/h3-4,6,11,13H,5,7-9H2,1-2H3,(H,22,25)/t11?,13-,18+/m1/s1. The van der Waals surface area contributed by atoms with E-state index in [9.17, 15) is 22.0 Å². The molecule has 4 rings (SSSR count). The highest BCUT2D eigenvalue weighted by atomic mass is 32.2. The van der Waals surface area contributed by atoms with Crippen molar-refractivity contribution in [2.75, 3.05) is 19.3 Å². The van der Waals surface area contributed by atoms with E-state index in [4.69, 9.17) is 4.52 Å². The minimum atomic E-state index is -3.41. The number of halogens is 2. The van der Waals surface area contributed by atoms with E-state index in [1.54, 1.807) is 6.92 Å². The molecule has 0 spiro atoms. The van der Waals surface area contributed by atoms with E-state index in [0.717, 1.165) is 24.5 Å². The molecule has 3 atom stereocenters. The smallest absolute Gasteiger partial charge is 0.254 e. The second-order valence-electron chi connectivity index (χ2n) is 7.79. The molecule has 1 aromatic carbocycles. The third-order valence-corrected chi connectivity index (χ3v) is 6.99. The summed E-state index contributed by atoms with van der Waals surface area (Å²) in [4.78, 5) is 16.8. The molecule has 0 bridgehead atoms. The van der Waals surface area contributed by atoms with Crippen molar-refractivity contribution in [3.63, 3.8) is 0 Å². The maximum Gasteiger partial charge on any atom is 0.254 e. The molecule has 1 aliphatic heterocycles. The third kappa shape index (κ3) is 3.52. The van der Waals surface area contributed by atoms with Crippen molar-refractivity contribution in [3.8, 4) is 0 Å². The van der Waals surface area contributed by atoms with Crippen LogP contribution in [0.1, 0.15) is 34.9 Å². The van der Waals surface area contributed by atoms with Crippen LogP contribution in [-0.4, -0.2) is 54.2 Å². The molecule has 1 aromatic heterocycles. The van der Waals surface area contributed by atoms with Gasteiger partial charge in [0.25, 0.3) is 5.91 Å². The van der Waals surface area contributed by atoms with E-state index in [1.165, 1.54) is 4.31 Å². The molecule has 11 heteroatoms. The van der Waals surface area contributed by atoms with Gasteiger partial charge >= 0.3 is 0 Å². The quantitative estimate of drug-likeness (QED) is 0.792. The summed E-state index contributed by atoms with van der Waals surface area (Å²) in [6.45, 7) is 2.10. The van der Waals surface area contributed by atoms with E-state index < -0.39 is 33.0 Å². The van der Waals surface area contributed by atoms with Gasteiger partial charge in [-0.3, -0.25) is 4.79 Å². The lowest BCUT2D eigenvalue weighted by Crippen LogP contribution is -2.39. The summed E-state index contributed by atoms with van der Waals surface area (Å²) >= 11 is 0. The second-order valence-corrected chi connectivity index (χ2v) is 9.77. The molecule has 2 fully saturated rings. The van der Waals surface area contributed by atoms with Crippen LogP contribution >= 0.6 is 0 Å². The molecule has 1 unspecified atom stereocenters. The number of amides is 1. The minimum absolute atomic E-state index is 0.153. The first-order chi connectivity index (χ1) is 13.6. The lowest BCUT2D eigenvalue weighted by molar-refractivity contribution is 0.0930. The van der Waals surface area contributed by atoms with Crippen LogP contribution in [0.3, 0.4) is 0 Å². The van der Waals surface area contributed by atoms with Crippen molar-refractivity contribution < 1.29 is 26.5 Å². The van der Waals surface area contributed by atoms with Gasteiger partial charge in [0, 0.05) is 19.1 Å². The summed E-state index contributed by atoms with van der Waals surface area (Å²) in [5, 5.41) is 6.57. The normalized spacial score (nSPS) is 27.2. The molecule has 1 aliphatic carbocycles. The van der Waals surface area contributed by atoms with Gasteiger partial charge in [-0.2, -0.15) is 4.98 Å². The van der Waals surface area contributed by atoms with Gasteiger partial charge in [0.2, 0.25) is 15.9 Å². The molecule has 0 radical (unpaired) electrons. The first-order valence-electron chi connectivity index (χ1n) is 9.10. The monoisotopic (exact) mass is 426 g/mol. The van der Waals surface area contributed by atoms with Gasteiger partial charge in [0.1, 0.15) is 11.6 Å². The first kappa shape index (κ1) is 19.9. The number of aromatic nitrogens is 2. The molecule has 1 saturated heterocycles. The zero-order chi connectivity index (χ0) is 21.0. The molecule has 1 N–H and O–H groups in total. The lowest BCUT2D eigenvalue weighted by atomic mass is 9.80. The summed E-state index contributed by atoms with van der Waals surface area (Å²) in [6.07, 6.45) is 1.96. The highest BCUT2D eigenvalue weighted by Crippen LogP contribution is 2.50. The fraction of sp³-hybridized carbons (Fsp3) is 0.500. The van der Waals surface area contributed by atoms with Gasteiger partial charge in [-0.05, 0) is 43.9 Å². The molecule has 156 valence electrons. The third-order valence-electron chi connectivity index (χ3n) is 5.77. The first-order valence-corrected chi connectivity index (χ1v) is 11.0. The number of nitrogens with one attached hydrogen (secondary N) is 1. The molecular weight excluding hydrogens is 406 g/mol. The number of rotatable bonds is 4. The number of fused-ring (bicyclic) bond motifs is 1. The summed E-state index contributed by atoms with van der Waals surface area (Å²) < 4.78 is 58.2. The number of aryl methyl sites for hydroxylation is 1. The van der Waals surface area contributed by atoms with Crippen molar-refractivity contribution in [1.82, 2.24) is 19.8 Å². The highest BCUT2D eigenvalue weighted by molar-refractivity contribution is 7.88. The molecule has 2 aromatic rings. The van der Waals surface area contributed by atoms with Crippen molar-refractivity contribution >= 4 is 15.9 Å². The Morgan fingerprint density at radius 3 is 2.79 bits per heavy atom. The van der Waals surface area contributed by atoms with Crippen LogP contribution in [0.25, 0.3) is 0 Å². The number of nitrogens with zero attached hydrogens (tertiary/aromatic N) is 3. The summed E-state index contributed by atoms with van der Waals surface area (Å²) in [7, 11) is -3.41. The Kier molecular flexibility index (Phi) is 4.69. The van der Waals surface area contributed by atoms with Crippen molar-refractivity contribution in [1.29, 1.82) is 0 Å². The van der Waals surface area contributed by atoms with Gasteiger partial charge < -0.3 is 9.84 Å². The van der Waals surface area contributed by atoms with E-state index in [-0.39, 0.29) is 30.6 Å². The van der Waals surface area contributed by atoms with E-state index in [2.05, 4.69) is 15.5 Å². The van der Waals surface area contributed by atoms with E-state index in [0.29, 0.717) is 24.6 Å². The maximum atomic E-state index is 13.9. The number of carbonyl (C=O) groups is 1. The topological polar surface area (TPSA) is 105 Å². The molecule has 1 saturated carbocycles. The molecule has 8 nitrogen and oxygen atoms in total. The summed E-state index contributed by atoms with van der Waals surface area (Å²) in [5.74, 6) is -1.63. The van der Waals surface area contributed by atoms with Gasteiger partial charge in [-0.15, -0.1) is 0 Å². The van der Waals surface area contributed by atoms with Gasteiger partial charge in [-0.25, -0.2) is 21.5 Å². The summed E-state index contributed by atoms with van der Waals surface area (Å²) in [5.41, 5.74) is -1.11. The second kappa shape index (κ2) is 6.84. The van der Waals surface area contributed by atoms with Crippen LogP contribution in [0.2, 0.25) is 0 Å². The minimum Gasteiger partial charge on any atom is -0.349 e. The number of hydrogen-bond donors (Lipinski definition) is 1. The summed E-state index contributed by atoms with van der Waals surface area (Å²) in [6, 6.07) is 2.33. The Morgan fingerprint density at radius 1 is 1.38 bits per heavy atom. The Bertz CT molecular complexity index is 1070. The van der Waals surface area contributed by atoms with Gasteiger partial charge in [0.05, 0.1) is 17.2 Å². The van der Waals surface area contributed by atoms with Gasteiger partial charge in [0.15, 0.2) is 5.82 Å². The van der Waals surface area contributed by atoms with Crippen LogP contribution in [0, 0.1) is 24.5 Å². The predicted molar refractivity (Wildman–Crippen MR) is 97.5 cm³/mol. The van der Waals surface area contributed by atoms with E-state index in [1.807, 2.05) is 0 Å². The van der Waals surface area contributed by atoms with Crippen LogP contribution in [0.4, 0.5) is 8.78 Å². The molecule has 29 heavy (non-hydrogen) atoms. The Balaban J connectivity index is 1.59. The van der Waals surface area contributed by atoms with Crippen LogP contribution in [0.15, 0.2) is 22.7 Å². The largest absolute Gasteiger partial charge is 0.349 e. The zero-order valence-electron chi connectivity index (χ0n) is 15.9. The van der Waals surface area contributed by atoms with Gasteiger partial charge in [-0.1, -0.05) is 5.16 Å². The predicted octanol–water partition coefficient (Wildman–Crippen LogP) is 1.38. The number of hydrogen-bond acceptors (Lipinski definition) is 6. The van der Waals surface area contributed by atoms with Crippen LogP contribution in [-0.2, 0) is 15.4 Å². The highest BCUT2D eigenvalue weighted by Gasteiger charge is 2.59. The van der Waals surface area contributed by atoms with Crippen LogP contribution < -0.4 is 5.32 Å². The maximum absolute atomic E-state index is 13.9. The average molecular weight is 426 g/mol. The van der Waals surface area contributed by atoms with Crippen LogP contribution in [0.5, 0.6) is 0 Å². The Morgan fingerprint density at radius 2 is 2.14 bits per heavy atom. The number of sulfonamides is 1. The lowest BCUT2D eigenvalue weighted by Gasteiger charge is -2.24. The Hall–Kier alpha value is -2.40. The zero-order valence-corrected chi connectivity index (χ0v) is 16.7. The SMILES string of the molecule is Cc1noc([C@]23C[C@H](NC(=O)c4cc(F)ccc4F)CC2CN(S(C)(=O)=O)C3)n1. The molecule has 1 amide bonds. The van der Waals surface area contributed by atoms with E-state index >= 15 is 0 Å². The fourth-order valence-electron chi connectivity index (χ4n) is 4.45.